The maximum Gasteiger partial charge on any atom is 0.231 e. The van der Waals surface area contributed by atoms with Crippen molar-refractivity contribution in [2.75, 3.05) is 20.0 Å². The van der Waals surface area contributed by atoms with Crippen LogP contribution in [-0.2, 0) is 6.42 Å². The summed E-state index contributed by atoms with van der Waals surface area (Å²) in [5.41, 5.74) is 2.42. The number of fused-ring (bicyclic) bond motifs is 2. The Kier molecular flexibility index (Phi) is 2.92. The van der Waals surface area contributed by atoms with Gasteiger partial charge in [0.1, 0.15) is 0 Å². The lowest BCUT2D eigenvalue weighted by Gasteiger charge is -2.36. The standard InChI is InChI=1S/C14H18O4/c1-8-11-4-14-13(17-7-18-14)3-9(11)2-10(5-15)12(8)6-16/h3-4,8,10,12,15-16H,2,5-7H2,1H3/t8-,10+,12-/m1/s1. The van der Waals surface area contributed by atoms with Gasteiger partial charge in [0.25, 0.3) is 0 Å². The van der Waals surface area contributed by atoms with Crippen molar-refractivity contribution in [3.05, 3.63) is 23.3 Å². The first-order valence-corrected chi connectivity index (χ1v) is 6.38. The maximum atomic E-state index is 9.51. The van der Waals surface area contributed by atoms with Crippen LogP contribution in [0.5, 0.6) is 11.5 Å². The van der Waals surface area contributed by atoms with E-state index in [0.717, 1.165) is 17.9 Å². The van der Waals surface area contributed by atoms with Gasteiger partial charge in [0.05, 0.1) is 0 Å². The smallest absolute Gasteiger partial charge is 0.231 e. The SMILES string of the molecule is C[C@@H]1c2cc3c(cc2C[C@@H](CO)[C@@H]1CO)OCO3. The molecule has 0 saturated heterocycles. The van der Waals surface area contributed by atoms with Crippen LogP contribution < -0.4 is 9.47 Å². The molecule has 1 aromatic carbocycles. The van der Waals surface area contributed by atoms with Crippen LogP contribution in [0.1, 0.15) is 24.0 Å². The van der Waals surface area contributed by atoms with Gasteiger partial charge in [-0.1, -0.05) is 6.92 Å². The Balaban J connectivity index is 2.03. The molecule has 0 saturated carbocycles. The molecule has 0 radical (unpaired) electrons. The van der Waals surface area contributed by atoms with Gasteiger partial charge in [-0.15, -0.1) is 0 Å². The van der Waals surface area contributed by atoms with E-state index in [4.69, 9.17) is 9.47 Å². The summed E-state index contributed by atoms with van der Waals surface area (Å²) < 4.78 is 10.8. The second kappa shape index (κ2) is 4.44. The van der Waals surface area contributed by atoms with Crippen LogP contribution in [0.25, 0.3) is 0 Å². The fourth-order valence-electron chi connectivity index (χ4n) is 3.18. The molecule has 1 aromatic rings. The van der Waals surface area contributed by atoms with Crippen LogP contribution in [0.2, 0.25) is 0 Å². The summed E-state index contributed by atoms with van der Waals surface area (Å²) in [5.74, 6) is 2.05. The van der Waals surface area contributed by atoms with Crippen LogP contribution in [-0.4, -0.2) is 30.2 Å². The summed E-state index contributed by atoms with van der Waals surface area (Å²) in [4.78, 5) is 0. The van der Waals surface area contributed by atoms with Crippen molar-refractivity contribution < 1.29 is 19.7 Å². The first kappa shape index (κ1) is 11.8. The van der Waals surface area contributed by atoms with Gasteiger partial charge in [0.2, 0.25) is 6.79 Å². The highest BCUT2D eigenvalue weighted by molar-refractivity contribution is 5.51. The molecule has 3 rings (SSSR count). The lowest BCUT2D eigenvalue weighted by atomic mass is 9.70. The van der Waals surface area contributed by atoms with Crippen LogP contribution in [0.15, 0.2) is 12.1 Å². The predicted molar refractivity (Wildman–Crippen MR) is 65.8 cm³/mol. The van der Waals surface area contributed by atoms with Gasteiger partial charge in [-0.25, -0.2) is 0 Å². The number of hydrogen-bond donors (Lipinski definition) is 2. The Hall–Kier alpha value is -1.26. The average Bonchev–Trinajstić information content (AvgIpc) is 2.83. The van der Waals surface area contributed by atoms with Crippen LogP contribution >= 0.6 is 0 Å². The lowest BCUT2D eigenvalue weighted by Crippen LogP contribution is -2.33. The molecule has 0 spiro atoms. The Morgan fingerprint density at radius 2 is 1.89 bits per heavy atom. The molecule has 1 aliphatic carbocycles. The fraction of sp³-hybridized carbons (Fsp3) is 0.571. The van der Waals surface area contributed by atoms with Crippen molar-refractivity contribution in [2.24, 2.45) is 11.8 Å². The van der Waals surface area contributed by atoms with Crippen molar-refractivity contribution in [3.63, 3.8) is 0 Å². The van der Waals surface area contributed by atoms with Crippen LogP contribution in [0.3, 0.4) is 0 Å². The summed E-state index contributed by atoms with van der Waals surface area (Å²) in [5, 5.41) is 19.0. The van der Waals surface area contributed by atoms with E-state index in [-0.39, 0.29) is 37.8 Å². The molecule has 18 heavy (non-hydrogen) atoms. The highest BCUT2D eigenvalue weighted by atomic mass is 16.7. The number of ether oxygens (including phenoxy) is 2. The quantitative estimate of drug-likeness (QED) is 0.830. The molecule has 1 heterocycles. The average molecular weight is 250 g/mol. The van der Waals surface area contributed by atoms with Crippen molar-refractivity contribution in [1.29, 1.82) is 0 Å². The minimum absolute atomic E-state index is 0.111. The maximum absolute atomic E-state index is 9.51. The van der Waals surface area contributed by atoms with E-state index in [0.29, 0.717) is 0 Å². The van der Waals surface area contributed by atoms with E-state index in [2.05, 4.69) is 6.92 Å². The molecule has 0 fully saturated rings. The van der Waals surface area contributed by atoms with E-state index in [9.17, 15) is 10.2 Å². The van der Waals surface area contributed by atoms with Gasteiger partial charge >= 0.3 is 0 Å². The molecular formula is C14H18O4. The van der Waals surface area contributed by atoms with Gasteiger partial charge in [0, 0.05) is 13.2 Å². The topological polar surface area (TPSA) is 58.9 Å². The molecule has 2 aliphatic rings. The van der Waals surface area contributed by atoms with Crippen LogP contribution in [0.4, 0.5) is 0 Å². The second-order valence-electron chi connectivity index (χ2n) is 5.19. The lowest BCUT2D eigenvalue weighted by molar-refractivity contribution is 0.0968. The highest BCUT2D eigenvalue weighted by Crippen LogP contribution is 2.44. The zero-order valence-electron chi connectivity index (χ0n) is 10.4. The third kappa shape index (κ3) is 1.68. The third-order valence-electron chi connectivity index (χ3n) is 4.30. The van der Waals surface area contributed by atoms with Crippen molar-refractivity contribution in [3.8, 4) is 11.5 Å². The molecule has 0 aromatic heterocycles. The molecule has 0 amide bonds. The molecule has 2 N–H and O–H groups in total. The first-order chi connectivity index (χ1) is 8.74. The monoisotopic (exact) mass is 250 g/mol. The number of hydrogen-bond acceptors (Lipinski definition) is 4. The van der Waals surface area contributed by atoms with E-state index >= 15 is 0 Å². The highest BCUT2D eigenvalue weighted by Gasteiger charge is 2.35. The van der Waals surface area contributed by atoms with Gasteiger partial charge in [-0.3, -0.25) is 0 Å². The fourth-order valence-corrected chi connectivity index (χ4v) is 3.18. The molecule has 4 heteroatoms. The zero-order valence-corrected chi connectivity index (χ0v) is 10.4. The van der Waals surface area contributed by atoms with E-state index < -0.39 is 0 Å². The molecule has 3 atom stereocenters. The minimum atomic E-state index is 0.111. The van der Waals surface area contributed by atoms with Crippen molar-refractivity contribution in [2.45, 2.75) is 19.3 Å². The number of rotatable bonds is 2. The minimum Gasteiger partial charge on any atom is -0.454 e. The normalized spacial score (nSPS) is 29.2. The number of aliphatic hydroxyl groups excluding tert-OH is 2. The Bertz CT molecular complexity index is 457. The molecule has 0 bridgehead atoms. The zero-order chi connectivity index (χ0) is 12.7. The van der Waals surface area contributed by atoms with E-state index in [1.165, 1.54) is 11.1 Å². The summed E-state index contributed by atoms with van der Waals surface area (Å²) in [7, 11) is 0. The van der Waals surface area contributed by atoms with Crippen molar-refractivity contribution in [1.82, 2.24) is 0 Å². The molecule has 1 aliphatic heterocycles. The molecule has 98 valence electrons. The summed E-state index contributed by atoms with van der Waals surface area (Å²) in [6.07, 6.45) is 0.790. The Labute approximate surface area is 106 Å². The Morgan fingerprint density at radius 3 is 2.56 bits per heavy atom. The number of benzene rings is 1. The van der Waals surface area contributed by atoms with Gasteiger partial charge in [-0.2, -0.15) is 0 Å². The molecule has 4 nitrogen and oxygen atoms in total. The van der Waals surface area contributed by atoms with Gasteiger partial charge in [-0.05, 0) is 47.4 Å². The van der Waals surface area contributed by atoms with Crippen LogP contribution in [0, 0.1) is 11.8 Å². The van der Waals surface area contributed by atoms with Crippen molar-refractivity contribution >= 4 is 0 Å². The Morgan fingerprint density at radius 1 is 1.17 bits per heavy atom. The summed E-state index contributed by atoms with van der Waals surface area (Å²) >= 11 is 0. The largest absolute Gasteiger partial charge is 0.454 e. The molecular weight excluding hydrogens is 232 g/mol. The third-order valence-corrected chi connectivity index (χ3v) is 4.30. The summed E-state index contributed by atoms with van der Waals surface area (Å²) in [6.45, 7) is 2.60. The predicted octanol–water partition coefficient (Wildman–Crippen LogP) is 1.29. The number of aliphatic hydroxyl groups is 2. The second-order valence-corrected chi connectivity index (χ2v) is 5.19. The van der Waals surface area contributed by atoms with Gasteiger partial charge < -0.3 is 19.7 Å². The molecule has 0 unspecified atom stereocenters. The summed E-state index contributed by atoms with van der Waals surface area (Å²) in [6, 6.07) is 4.04. The van der Waals surface area contributed by atoms with E-state index in [1.807, 2.05) is 12.1 Å². The van der Waals surface area contributed by atoms with Gasteiger partial charge in [0.15, 0.2) is 11.5 Å². The van der Waals surface area contributed by atoms with E-state index in [1.54, 1.807) is 0 Å². The first-order valence-electron chi connectivity index (χ1n) is 6.38.